The minimum Gasteiger partial charge on any atom is -0.342 e. The minimum absolute atomic E-state index is 0.0714. The van der Waals surface area contributed by atoms with Crippen LogP contribution in [0.25, 0.3) is 0 Å². The van der Waals surface area contributed by atoms with E-state index in [2.05, 4.69) is 5.32 Å². The predicted octanol–water partition coefficient (Wildman–Crippen LogP) is 2.08. The molecule has 4 heteroatoms. The Morgan fingerprint density at radius 1 is 1.10 bits per heavy atom. The highest BCUT2D eigenvalue weighted by atomic mass is 16.2. The molecule has 0 atom stereocenters. The number of nitrogens with zero attached hydrogens (tertiary/aromatic N) is 1. The molecule has 0 unspecified atom stereocenters. The van der Waals surface area contributed by atoms with E-state index in [1.54, 1.807) is 0 Å². The smallest absolute Gasteiger partial charge is 0.248 e. The summed E-state index contributed by atoms with van der Waals surface area (Å²) < 4.78 is 0. The molecule has 4 nitrogen and oxygen atoms in total. The summed E-state index contributed by atoms with van der Waals surface area (Å²) in [7, 11) is 0. The van der Waals surface area contributed by atoms with Gasteiger partial charge in [0.05, 0.1) is 0 Å². The Morgan fingerprint density at radius 3 is 2.29 bits per heavy atom. The minimum atomic E-state index is -0.550. The third-order valence-electron chi connectivity index (χ3n) is 6.03. The van der Waals surface area contributed by atoms with Gasteiger partial charge in [0.1, 0.15) is 5.54 Å². The summed E-state index contributed by atoms with van der Waals surface area (Å²) >= 11 is 0. The Hall–Kier alpha value is -1.06. The molecule has 0 aromatic carbocycles. The van der Waals surface area contributed by atoms with E-state index in [0.717, 1.165) is 44.1 Å². The molecule has 116 valence electrons. The molecule has 4 fully saturated rings. The first-order valence-corrected chi connectivity index (χ1v) is 8.78. The molecule has 1 saturated heterocycles. The Bertz CT molecular complexity index is 436. The van der Waals surface area contributed by atoms with Gasteiger partial charge in [0.25, 0.3) is 0 Å². The molecular weight excluding hydrogens is 264 g/mol. The normalized spacial score (nSPS) is 29.1. The molecule has 1 aliphatic heterocycles. The topological polar surface area (TPSA) is 49.4 Å². The van der Waals surface area contributed by atoms with E-state index >= 15 is 0 Å². The highest BCUT2D eigenvalue weighted by molar-refractivity contribution is 5.93. The van der Waals surface area contributed by atoms with Crippen LogP contribution >= 0.6 is 0 Å². The number of rotatable bonds is 4. The van der Waals surface area contributed by atoms with E-state index in [1.165, 1.54) is 25.7 Å². The molecule has 4 aliphatic rings. The average Bonchev–Trinajstić information content (AvgIpc) is 3.37. The zero-order chi connectivity index (χ0) is 14.4. The lowest BCUT2D eigenvalue weighted by Crippen LogP contribution is -2.56. The molecule has 3 saturated carbocycles. The Kier molecular flexibility index (Phi) is 3.23. The lowest BCUT2D eigenvalue weighted by molar-refractivity contribution is -0.139. The summed E-state index contributed by atoms with van der Waals surface area (Å²) in [5.74, 6) is 2.72. The van der Waals surface area contributed by atoms with Crippen molar-refractivity contribution in [2.24, 2.45) is 17.8 Å². The molecule has 0 aromatic heterocycles. The van der Waals surface area contributed by atoms with Gasteiger partial charge in [0, 0.05) is 19.5 Å². The molecular formula is C17H26N2O2. The van der Waals surface area contributed by atoms with E-state index in [0.29, 0.717) is 18.9 Å². The van der Waals surface area contributed by atoms with Crippen LogP contribution < -0.4 is 5.32 Å². The lowest BCUT2D eigenvalue weighted by Gasteiger charge is -2.34. The number of nitrogens with one attached hydrogen (secondary N) is 1. The van der Waals surface area contributed by atoms with Crippen LogP contribution in [0.1, 0.15) is 57.8 Å². The average molecular weight is 290 g/mol. The SMILES string of the molecule is O=C1CCN(CC(C2CC2)C2CC2)C(=O)C2(CCCC2)N1. The maximum atomic E-state index is 13.0. The molecule has 0 radical (unpaired) electrons. The summed E-state index contributed by atoms with van der Waals surface area (Å²) in [4.78, 5) is 27.1. The monoisotopic (exact) mass is 290 g/mol. The van der Waals surface area contributed by atoms with Crippen molar-refractivity contribution in [3.8, 4) is 0 Å². The van der Waals surface area contributed by atoms with Crippen LogP contribution in [0.3, 0.4) is 0 Å². The van der Waals surface area contributed by atoms with E-state index in [9.17, 15) is 9.59 Å². The largest absolute Gasteiger partial charge is 0.342 e. The van der Waals surface area contributed by atoms with Gasteiger partial charge in [-0.1, -0.05) is 12.8 Å². The quantitative estimate of drug-likeness (QED) is 0.862. The summed E-state index contributed by atoms with van der Waals surface area (Å²) in [5.41, 5.74) is -0.550. The first-order valence-electron chi connectivity index (χ1n) is 8.78. The van der Waals surface area contributed by atoms with Gasteiger partial charge in [-0.05, 0) is 56.3 Å². The van der Waals surface area contributed by atoms with Crippen molar-refractivity contribution in [3.63, 3.8) is 0 Å². The predicted molar refractivity (Wildman–Crippen MR) is 79.5 cm³/mol. The van der Waals surface area contributed by atoms with Gasteiger partial charge in [0.15, 0.2) is 0 Å². The molecule has 1 heterocycles. The Balaban J connectivity index is 1.52. The zero-order valence-electron chi connectivity index (χ0n) is 12.8. The summed E-state index contributed by atoms with van der Waals surface area (Å²) in [6, 6.07) is 0. The van der Waals surface area contributed by atoms with E-state index in [-0.39, 0.29) is 11.8 Å². The molecule has 1 N–H and O–H groups in total. The maximum absolute atomic E-state index is 13.0. The van der Waals surface area contributed by atoms with Gasteiger partial charge in [-0.2, -0.15) is 0 Å². The van der Waals surface area contributed by atoms with E-state index < -0.39 is 5.54 Å². The fourth-order valence-electron chi connectivity index (χ4n) is 4.50. The third-order valence-corrected chi connectivity index (χ3v) is 6.03. The van der Waals surface area contributed by atoms with Crippen LogP contribution in [-0.2, 0) is 9.59 Å². The van der Waals surface area contributed by atoms with Crippen LogP contribution in [-0.4, -0.2) is 35.3 Å². The molecule has 2 amide bonds. The molecule has 4 rings (SSSR count). The molecule has 3 aliphatic carbocycles. The fraction of sp³-hybridized carbons (Fsp3) is 0.882. The second kappa shape index (κ2) is 4.99. The van der Waals surface area contributed by atoms with Crippen molar-refractivity contribution in [3.05, 3.63) is 0 Å². The first-order chi connectivity index (χ1) is 10.2. The second-order valence-electron chi connectivity index (χ2n) is 7.68. The lowest BCUT2D eigenvalue weighted by atomic mass is 9.93. The van der Waals surface area contributed by atoms with Crippen LogP contribution in [0, 0.1) is 17.8 Å². The highest BCUT2D eigenvalue weighted by Gasteiger charge is 2.48. The van der Waals surface area contributed by atoms with Gasteiger partial charge in [-0.3, -0.25) is 9.59 Å². The number of hydrogen-bond donors (Lipinski definition) is 1. The van der Waals surface area contributed by atoms with Crippen molar-refractivity contribution < 1.29 is 9.59 Å². The highest BCUT2D eigenvalue weighted by Crippen LogP contribution is 2.49. The van der Waals surface area contributed by atoms with Crippen molar-refractivity contribution >= 4 is 11.8 Å². The van der Waals surface area contributed by atoms with Gasteiger partial charge in [0.2, 0.25) is 11.8 Å². The third kappa shape index (κ3) is 2.58. The standard InChI is InChI=1S/C17H26N2O2/c20-15-7-10-19(11-14(12-3-4-12)13-5-6-13)16(21)17(18-15)8-1-2-9-17/h12-14H,1-11H2,(H,18,20). The Labute approximate surface area is 126 Å². The van der Waals surface area contributed by atoms with Crippen molar-refractivity contribution in [2.75, 3.05) is 13.1 Å². The molecule has 0 bridgehead atoms. The van der Waals surface area contributed by atoms with Crippen LogP contribution in [0.5, 0.6) is 0 Å². The van der Waals surface area contributed by atoms with E-state index in [1.807, 2.05) is 4.90 Å². The summed E-state index contributed by atoms with van der Waals surface area (Å²) in [6.07, 6.45) is 9.70. The number of carbonyl (C=O) groups is 2. The van der Waals surface area contributed by atoms with E-state index in [4.69, 9.17) is 0 Å². The number of amides is 2. The van der Waals surface area contributed by atoms with Crippen LogP contribution in [0.4, 0.5) is 0 Å². The molecule has 1 spiro atoms. The Morgan fingerprint density at radius 2 is 1.71 bits per heavy atom. The van der Waals surface area contributed by atoms with Gasteiger partial charge in [-0.25, -0.2) is 0 Å². The molecule has 0 aromatic rings. The van der Waals surface area contributed by atoms with Crippen molar-refractivity contribution in [1.29, 1.82) is 0 Å². The second-order valence-corrected chi connectivity index (χ2v) is 7.68. The fourth-order valence-corrected chi connectivity index (χ4v) is 4.50. The van der Waals surface area contributed by atoms with Gasteiger partial charge < -0.3 is 10.2 Å². The summed E-state index contributed by atoms with van der Waals surface area (Å²) in [6.45, 7) is 1.53. The zero-order valence-corrected chi connectivity index (χ0v) is 12.8. The van der Waals surface area contributed by atoms with Crippen LogP contribution in [0.15, 0.2) is 0 Å². The number of hydrogen-bond acceptors (Lipinski definition) is 2. The van der Waals surface area contributed by atoms with Crippen LogP contribution in [0.2, 0.25) is 0 Å². The number of carbonyl (C=O) groups excluding carboxylic acids is 2. The van der Waals surface area contributed by atoms with Crippen molar-refractivity contribution in [2.45, 2.75) is 63.3 Å². The van der Waals surface area contributed by atoms with Gasteiger partial charge >= 0.3 is 0 Å². The first kappa shape index (κ1) is 13.6. The van der Waals surface area contributed by atoms with Crippen molar-refractivity contribution in [1.82, 2.24) is 10.2 Å². The van der Waals surface area contributed by atoms with Gasteiger partial charge in [-0.15, -0.1) is 0 Å². The molecule has 21 heavy (non-hydrogen) atoms. The summed E-state index contributed by atoms with van der Waals surface area (Å²) in [5, 5.41) is 3.07. The maximum Gasteiger partial charge on any atom is 0.248 e.